The van der Waals surface area contributed by atoms with E-state index in [0.717, 1.165) is 5.56 Å². The Kier molecular flexibility index (Phi) is 4.06. The maximum Gasteiger partial charge on any atom is 0.143 e. The third kappa shape index (κ3) is 3.00. The molecule has 2 heteroatoms. The zero-order chi connectivity index (χ0) is 14.7. The summed E-state index contributed by atoms with van der Waals surface area (Å²) in [6.45, 7) is 0. The Hall–Kier alpha value is -2.08. The highest BCUT2D eigenvalue weighted by Crippen LogP contribution is 2.27. The molecular weight excluding hydrogens is 260 g/mol. The molecule has 2 aromatic rings. The zero-order valence-electron chi connectivity index (χ0n) is 11.8. The van der Waals surface area contributed by atoms with Crippen molar-refractivity contribution >= 4 is 0 Å². The van der Waals surface area contributed by atoms with Crippen LogP contribution < -0.4 is 0 Å². The first-order chi connectivity index (χ1) is 10.3. The quantitative estimate of drug-likeness (QED) is 0.875. The summed E-state index contributed by atoms with van der Waals surface area (Å²) in [7, 11) is 0. The second kappa shape index (κ2) is 6.13. The van der Waals surface area contributed by atoms with Gasteiger partial charge in [0.15, 0.2) is 0 Å². The molecule has 0 radical (unpaired) electrons. The summed E-state index contributed by atoms with van der Waals surface area (Å²) in [5, 5.41) is 10.3. The molecule has 3 atom stereocenters. The Morgan fingerprint density at radius 3 is 2.29 bits per heavy atom. The second-order valence-corrected chi connectivity index (χ2v) is 5.38. The van der Waals surface area contributed by atoms with E-state index in [2.05, 4.69) is 18.1 Å². The van der Waals surface area contributed by atoms with Gasteiger partial charge in [0.1, 0.15) is 6.10 Å². The van der Waals surface area contributed by atoms with E-state index >= 15 is 0 Å². The van der Waals surface area contributed by atoms with Gasteiger partial charge in [-0.05, 0) is 16.7 Å². The summed E-state index contributed by atoms with van der Waals surface area (Å²) in [5.74, 6) is 2.68. The molecule has 1 aliphatic carbocycles. The first kappa shape index (κ1) is 13.9. The molecule has 0 aromatic heterocycles. The summed E-state index contributed by atoms with van der Waals surface area (Å²) < 4.78 is 6.01. The molecule has 0 aliphatic heterocycles. The van der Waals surface area contributed by atoms with Crippen molar-refractivity contribution in [3.8, 4) is 12.3 Å². The van der Waals surface area contributed by atoms with Gasteiger partial charge in [0.05, 0.1) is 12.2 Å². The number of hydrogen-bond acceptors (Lipinski definition) is 2. The van der Waals surface area contributed by atoms with Crippen LogP contribution in [0.1, 0.15) is 22.8 Å². The minimum Gasteiger partial charge on any atom is -0.390 e. The number of ether oxygens (including phenoxy) is 1. The second-order valence-electron chi connectivity index (χ2n) is 5.38. The molecule has 2 aromatic carbocycles. The fourth-order valence-corrected chi connectivity index (χ4v) is 2.82. The predicted molar refractivity (Wildman–Crippen MR) is 82.7 cm³/mol. The molecule has 3 rings (SSSR count). The number of rotatable bonds is 3. The Bertz CT molecular complexity index is 642. The maximum atomic E-state index is 10.3. The topological polar surface area (TPSA) is 29.5 Å². The SMILES string of the molecule is C#CC(O[C@H]1Cc2ccccc2C[C@H]1O)c1ccccc1. The number of terminal acetylenes is 1. The average molecular weight is 278 g/mol. The van der Waals surface area contributed by atoms with Gasteiger partial charge in [-0.1, -0.05) is 60.5 Å². The summed E-state index contributed by atoms with van der Waals surface area (Å²) in [6.07, 6.45) is 5.72. The highest BCUT2D eigenvalue weighted by atomic mass is 16.5. The molecule has 1 N–H and O–H groups in total. The van der Waals surface area contributed by atoms with Crippen LogP contribution in [0.5, 0.6) is 0 Å². The molecule has 0 fully saturated rings. The lowest BCUT2D eigenvalue weighted by atomic mass is 9.87. The summed E-state index contributed by atoms with van der Waals surface area (Å²) >= 11 is 0. The monoisotopic (exact) mass is 278 g/mol. The Morgan fingerprint density at radius 1 is 1.00 bits per heavy atom. The van der Waals surface area contributed by atoms with Gasteiger partial charge in [-0.2, -0.15) is 0 Å². The van der Waals surface area contributed by atoms with Crippen LogP contribution in [-0.2, 0) is 17.6 Å². The molecule has 0 saturated heterocycles. The van der Waals surface area contributed by atoms with E-state index in [4.69, 9.17) is 11.2 Å². The molecule has 1 aliphatic rings. The van der Waals surface area contributed by atoms with Crippen molar-refractivity contribution in [3.63, 3.8) is 0 Å². The Morgan fingerprint density at radius 2 is 1.62 bits per heavy atom. The van der Waals surface area contributed by atoms with Crippen molar-refractivity contribution in [2.45, 2.75) is 31.2 Å². The average Bonchev–Trinajstić information content (AvgIpc) is 2.53. The number of hydrogen-bond donors (Lipinski definition) is 1. The van der Waals surface area contributed by atoms with Crippen molar-refractivity contribution in [1.82, 2.24) is 0 Å². The van der Waals surface area contributed by atoms with Gasteiger partial charge in [0, 0.05) is 12.8 Å². The standard InChI is InChI=1S/C19H18O2/c1-2-18(14-8-4-3-5-9-14)21-19-13-16-11-7-6-10-15(16)12-17(19)20/h1,3-11,17-20H,12-13H2/t17-,18?,19+/m1/s1. The molecule has 0 bridgehead atoms. The van der Waals surface area contributed by atoms with E-state index < -0.39 is 12.2 Å². The normalized spacial score (nSPS) is 22.1. The third-order valence-corrected chi connectivity index (χ3v) is 3.96. The van der Waals surface area contributed by atoms with Crippen molar-refractivity contribution in [2.24, 2.45) is 0 Å². The number of aliphatic hydroxyl groups excluding tert-OH is 1. The summed E-state index contributed by atoms with van der Waals surface area (Å²) in [5.41, 5.74) is 3.38. The van der Waals surface area contributed by atoms with E-state index in [1.165, 1.54) is 11.1 Å². The van der Waals surface area contributed by atoms with Gasteiger partial charge in [-0.25, -0.2) is 0 Å². The van der Waals surface area contributed by atoms with Crippen molar-refractivity contribution in [3.05, 3.63) is 71.3 Å². The minimum atomic E-state index is -0.514. The third-order valence-electron chi connectivity index (χ3n) is 3.96. The van der Waals surface area contributed by atoms with Crippen LogP contribution in [0.25, 0.3) is 0 Å². The lowest BCUT2D eigenvalue weighted by molar-refractivity contribution is -0.0629. The van der Waals surface area contributed by atoms with Gasteiger partial charge < -0.3 is 9.84 Å². The fourth-order valence-electron chi connectivity index (χ4n) is 2.82. The minimum absolute atomic E-state index is 0.263. The Labute approximate surface area is 125 Å². The lowest BCUT2D eigenvalue weighted by Crippen LogP contribution is -2.37. The van der Waals surface area contributed by atoms with E-state index in [0.29, 0.717) is 12.8 Å². The zero-order valence-corrected chi connectivity index (χ0v) is 11.8. The highest BCUT2D eigenvalue weighted by molar-refractivity contribution is 5.31. The van der Waals surface area contributed by atoms with E-state index in [1.807, 2.05) is 42.5 Å². The number of benzene rings is 2. The van der Waals surface area contributed by atoms with E-state index in [-0.39, 0.29) is 6.10 Å². The van der Waals surface area contributed by atoms with Crippen molar-refractivity contribution < 1.29 is 9.84 Å². The van der Waals surface area contributed by atoms with Crippen LogP contribution in [0.4, 0.5) is 0 Å². The van der Waals surface area contributed by atoms with Crippen molar-refractivity contribution in [1.29, 1.82) is 0 Å². The predicted octanol–water partition coefficient (Wildman–Crippen LogP) is 2.91. The van der Waals surface area contributed by atoms with Gasteiger partial charge in [-0.15, -0.1) is 6.42 Å². The molecule has 106 valence electrons. The molecular formula is C19H18O2. The lowest BCUT2D eigenvalue weighted by Gasteiger charge is -2.31. The van der Waals surface area contributed by atoms with Crippen LogP contribution in [0.3, 0.4) is 0 Å². The molecule has 0 spiro atoms. The first-order valence-electron chi connectivity index (χ1n) is 7.19. The number of fused-ring (bicyclic) bond motifs is 1. The summed E-state index contributed by atoms with van der Waals surface area (Å²) in [6, 6.07) is 17.9. The summed E-state index contributed by atoms with van der Waals surface area (Å²) in [4.78, 5) is 0. The number of aliphatic hydroxyl groups is 1. The molecule has 1 unspecified atom stereocenters. The van der Waals surface area contributed by atoms with Crippen LogP contribution in [0.15, 0.2) is 54.6 Å². The molecule has 21 heavy (non-hydrogen) atoms. The molecule has 0 amide bonds. The maximum absolute atomic E-state index is 10.3. The van der Waals surface area contributed by atoms with E-state index in [9.17, 15) is 5.11 Å². The van der Waals surface area contributed by atoms with Crippen LogP contribution in [0.2, 0.25) is 0 Å². The van der Waals surface area contributed by atoms with Crippen LogP contribution >= 0.6 is 0 Å². The van der Waals surface area contributed by atoms with Gasteiger partial charge in [0.25, 0.3) is 0 Å². The van der Waals surface area contributed by atoms with Crippen molar-refractivity contribution in [2.75, 3.05) is 0 Å². The smallest absolute Gasteiger partial charge is 0.143 e. The highest BCUT2D eigenvalue weighted by Gasteiger charge is 2.29. The molecule has 2 nitrogen and oxygen atoms in total. The molecule has 0 heterocycles. The van der Waals surface area contributed by atoms with Gasteiger partial charge >= 0.3 is 0 Å². The fraction of sp³-hybridized carbons (Fsp3) is 0.263. The van der Waals surface area contributed by atoms with Gasteiger partial charge in [-0.3, -0.25) is 0 Å². The Balaban J connectivity index is 1.77. The van der Waals surface area contributed by atoms with E-state index in [1.54, 1.807) is 0 Å². The first-order valence-corrected chi connectivity index (χ1v) is 7.19. The van der Waals surface area contributed by atoms with Crippen LogP contribution in [-0.4, -0.2) is 17.3 Å². The van der Waals surface area contributed by atoms with Gasteiger partial charge in [0.2, 0.25) is 0 Å². The molecule has 0 saturated carbocycles. The van der Waals surface area contributed by atoms with Crippen LogP contribution in [0, 0.1) is 12.3 Å². The largest absolute Gasteiger partial charge is 0.390 e.